The van der Waals surface area contributed by atoms with Crippen LogP contribution in [0.4, 0.5) is 5.69 Å². The van der Waals surface area contributed by atoms with Crippen LogP contribution in [0.25, 0.3) is 0 Å². The van der Waals surface area contributed by atoms with Crippen LogP contribution in [0.5, 0.6) is 0 Å². The molecule has 0 spiro atoms. The molecule has 4 nitrogen and oxygen atoms in total. The fraction of sp³-hybridized carbons (Fsp3) is 0.357. The minimum atomic E-state index is -0.0693. The molecule has 0 heterocycles. The summed E-state index contributed by atoms with van der Waals surface area (Å²) >= 11 is 0. The number of carbonyl (C=O) groups excluding carboxylic acids is 1. The molecule has 1 amide bonds. The van der Waals surface area contributed by atoms with E-state index in [1.54, 1.807) is 7.11 Å². The predicted octanol–water partition coefficient (Wildman–Crippen LogP) is 1.28. The van der Waals surface area contributed by atoms with Gasteiger partial charge in [0, 0.05) is 18.4 Å². The number of nitrogens with one attached hydrogen (secondary N) is 1. The summed E-state index contributed by atoms with van der Waals surface area (Å²) in [6.07, 6.45) is 0.342. The third-order valence-corrected chi connectivity index (χ3v) is 2.23. The highest BCUT2D eigenvalue weighted by Gasteiger charge is 2.03. The van der Waals surface area contributed by atoms with Gasteiger partial charge >= 0.3 is 0 Å². The molecule has 3 N–H and O–H groups in total. The van der Waals surface area contributed by atoms with Crippen LogP contribution in [0.3, 0.4) is 0 Å². The lowest BCUT2D eigenvalue weighted by Gasteiger charge is -2.06. The monoisotopic (exact) mass is 246 g/mol. The van der Waals surface area contributed by atoms with Crippen LogP contribution in [0.15, 0.2) is 18.2 Å². The van der Waals surface area contributed by atoms with Crippen LogP contribution < -0.4 is 11.1 Å². The van der Waals surface area contributed by atoms with E-state index in [1.165, 1.54) is 0 Å². The molecule has 1 rings (SSSR count). The second kappa shape index (κ2) is 7.49. The lowest BCUT2D eigenvalue weighted by molar-refractivity contribution is -0.117. The average Bonchev–Trinajstić information content (AvgIpc) is 2.33. The molecule has 0 saturated carbocycles. The van der Waals surface area contributed by atoms with Crippen molar-refractivity contribution < 1.29 is 9.53 Å². The first kappa shape index (κ1) is 14.2. The van der Waals surface area contributed by atoms with E-state index in [0.29, 0.717) is 19.6 Å². The number of rotatable bonds is 4. The van der Waals surface area contributed by atoms with Gasteiger partial charge in [-0.3, -0.25) is 4.79 Å². The van der Waals surface area contributed by atoms with Crippen LogP contribution in [-0.4, -0.2) is 26.2 Å². The van der Waals surface area contributed by atoms with Gasteiger partial charge in [-0.15, -0.1) is 0 Å². The Kier molecular flexibility index (Phi) is 5.92. The molecule has 96 valence electrons. The fourth-order valence-electron chi connectivity index (χ4n) is 1.50. The number of benzene rings is 1. The number of carbonyl (C=O) groups is 1. The molecule has 0 unspecified atom stereocenters. The van der Waals surface area contributed by atoms with Crippen LogP contribution in [-0.2, 0) is 9.53 Å². The van der Waals surface area contributed by atoms with E-state index in [1.807, 2.05) is 25.1 Å². The first-order valence-electron chi connectivity index (χ1n) is 5.75. The molecule has 0 aliphatic rings. The summed E-state index contributed by atoms with van der Waals surface area (Å²) in [6, 6.07) is 5.69. The molecule has 1 aromatic carbocycles. The average molecular weight is 246 g/mol. The minimum Gasteiger partial charge on any atom is -0.384 e. The van der Waals surface area contributed by atoms with Crippen LogP contribution in [0.1, 0.15) is 17.5 Å². The van der Waals surface area contributed by atoms with Crippen LogP contribution in [0, 0.1) is 18.8 Å². The van der Waals surface area contributed by atoms with Gasteiger partial charge in [-0.05, 0) is 30.7 Å². The van der Waals surface area contributed by atoms with Gasteiger partial charge < -0.3 is 15.8 Å². The van der Waals surface area contributed by atoms with Crippen molar-refractivity contribution in [2.24, 2.45) is 5.73 Å². The number of anilines is 1. The zero-order chi connectivity index (χ0) is 13.4. The number of hydrogen-bond donors (Lipinski definition) is 2. The zero-order valence-corrected chi connectivity index (χ0v) is 10.7. The lowest BCUT2D eigenvalue weighted by atomic mass is 10.1. The van der Waals surface area contributed by atoms with Gasteiger partial charge in [-0.1, -0.05) is 11.8 Å². The fourth-order valence-corrected chi connectivity index (χ4v) is 1.50. The molecular formula is C14H18N2O2. The smallest absolute Gasteiger partial charge is 0.226 e. The number of aryl methyl sites for hydroxylation is 1. The van der Waals surface area contributed by atoms with Crippen molar-refractivity contribution in [3.63, 3.8) is 0 Å². The van der Waals surface area contributed by atoms with Crippen molar-refractivity contribution in [3.8, 4) is 11.8 Å². The molecule has 0 fully saturated rings. The van der Waals surface area contributed by atoms with Gasteiger partial charge in [0.05, 0.1) is 19.6 Å². The third kappa shape index (κ3) is 5.00. The number of amides is 1. The molecule has 18 heavy (non-hydrogen) atoms. The summed E-state index contributed by atoms with van der Waals surface area (Å²) in [7, 11) is 1.57. The summed E-state index contributed by atoms with van der Waals surface area (Å²) in [5, 5.41) is 2.82. The molecule has 0 aromatic heterocycles. The normalized spacial score (nSPS) is 9.50. The Bertz CT molecular complexity index is 472. The Hall–Kier alpha value is -1.83. The van der Waals surface area contributed by atoms with Gasteiger partial charge in [0.1, 0.15) is 0 Å². The quantitative estimate of drug-likeness (QED) is 0.787. The number of ether oxygens (including phenoxy) is 1. The van der Waals surface area contributed by atoms with Gasteiger partial charge in [-0.25, -0.2) is 0 Å². The Balaban J connectivity index is 2.76. The van der Waals surface area contributed by atoms with Crippen molar-refractivity contribution in [2.45, 2.75) is 13.3 Å². The first-order chi connectivity index (χ1) is 8.65. The molecule has 0 bridgehead atoms. The number of nitrogens with two attached hydrogens (primary N) is 1. The molecule has 0 radical (unpaired) electrons. The third-order valence-electron chi connectivity index (χ3n) is 2.23. The highest BCUT2D eigenvalue weighted by molar-refractivity contribution is 5.91. The maximum atomic E-state index is 11.6. The second-order valence-corrected chi connectivity index (χ2v) is 3.88. The summed E-state index contributed by atoms with van der Waals surface area (Å²) < 4.78 is 4.85. The van der Waals surface area contributed by atoms with E-state index in [-0.39, 0.29) is 5.91 Å². The Morgan fingerprint density at radius 2 is 2.22 bits per heavy atom. The van der Waals surface area contributed by atoms with Crippen LogP contribution in [0.2, 0.25) is 0 Å². The van der Waals surface area contributed by atoms with E-state index in [0.717, 1.165) is 16.8 Å². The summed E-state index contributed by atoms with van der Waals surface area (Å²) in [4.78, 5) is 11.6. The number of methoxy groups -OCH3 is 1. The van der Waals surface area contributed by atoms with Crippen molar-refractivity contribution >= 4 is 11.6 Å². The zero-order valence-electron chi connectivity index (χ0n) is 10.7. The van der Waals surface area contributed by atoms with Gasteiger partial charge in [-0.2, -0.15) is 0 Å². The van der Waals surface area contributed by atoms with Crippen molar-refractivity contribution in [1.82, 2.24) is 0 Å². The molecule has 0 aliphatic carbocycles. The maximum absolute atomic E-state index is 11.6. The summed E-state index contributed by atoms with van der Waals surface area (Å²) in [5.74, 6) is 5.67. The highest BCUT2D eigenvalue weighted by atomic mass is 16.5. The van der Waals surface area contributed by atoms with Gasteiger partial charge in [0.25, 0.3) is 0 Å². The summed E-state index contributed by atoms with van der Waals surface area (Å²) in [6.45, 7) is 2.69. The van der Waals surface area contributed by atoms with Gasteiger partial charge in [0.15, 0.2) is 0 Å². The topological polar surface area (TPSA) is 64.3 Å². The Morgan fingerprint density at radius 1 is 1.44 bits per heavy atom. The first-order valence-corrected chi connectivity index (χ1v) is 5.75. The Labute approximate surface area is 108 Å². The Morgan fingerprint density at radius 3 is 2.89 bits per heavy atom. The van der Waals surface area contributed by atoms with E-state index >= 15 is 0 Å². The second-order valence-electron chi connectivity index (χ2n) is 3.88. The molecule has 4 heteroatoms. The largest absolute Gasteiger partial charge is 0.384 e. The molecule has 0 aliphatic heterocycles. The highest BCUT2D eigenvalue weighted by Crippen LogP contribution is 2.14. The SMILES string of the molecule is COCCC(=O)Nc1cc(C)cc(C#CCN)c1. The van der Waals surface area contributed by atoms with E-state index in [2.05, 4.69) is 17.2 Å². The van der Waals surface area contributed by atoms with Crippen molar-refractivity contribution in [1.29, 1.82) is 0 Å². The van der Waals surface area contributed by atoms with Crippen molar-refractivity contribution in [2.75, 3.05) is 25.6 Å². The summed E-state index contributed by atoms with van der Waals surface area (Å²) in [5.41, 5.74) is 7.97. The van der Waals surface area contributed by atoms with E-state index in [4.69, 9.17) is 10.5 Å². The molecular weight excluding hydrogens is 228 g/mol. The number of hydrogen-bond acceptors (Lipinski definition) is 3. The van der Waals surface area contributed by atoms with Crippen molar-refractivity contribution in [3.05, 3.63) is 29.3 Å². The molecule has 0 saturated heterocycles. The maximum Gasteiger partial charge on any atom is 0.226 e. The standard InChI is InChI=1S/C14H18N2O2/c1-11-8-12(4-3-6-15)10-13(9-11)16-14(17)5-7-18-2/h8-10H,5-7,15H2,1-2H3,(H,16,17). The minimum absolute atomic E-state index is 0.0693. The molecule has 0 atom stereocenters. The molecule has 1 aromatic rings. The van der Waals surface area contributed by atoms with Gasteiger partial charge in [0.2, 0.25) is 5.91 Å². The van der Waals surface area contributed by atoms with E-state index < -0.39 is 0 Å². The predicted molar refractivity (Wildman–Crippen MR) is 72.2 cm³/mol. The van der Waals surface area contributed by atoms with Crippen LogP contribution >= 0.6 is 0 Å². The lowest BCUT2D eigenvalue weighted by Crippen LogP contribution is -2.13. The van der Waals surface area contributed by atoms with E-state index in [9.17, 15) is 4.79 Å².